The number of piperazine rings is 1. The summed E-state index contributed by atoms with van der Waals surface area (Å²) in [7, 11) is 1.73. The van der Waals surface area contributed by atoms with Gasteiger partial charge in [-0.2, -0.15) is 0 Å². The van der Waals surface area contributed by atoms with Crippen LogP contribution < -0.4 is 10.6 Å². The van der Waals surface area contributed by atoms with Gasteiger partial charge in [0.1, 0.15) is 29.9 Å². The summed E-state index contributed by atoms with van der Waals surface area (Å²) in [6, 6.07) is 4.03. The highest BCUT2D eigenvalue weighted by Gasteiger charge is 2.45. The van der Waals surface area contributed by atoms with Gasteiger partial charge in [0, 0.05) is 24.7 Å². The third-order valence-corrected chi connectivity index (χ3v) is 8.63. The first-order chi connectivity index (χ1) is 18.9. The van der Waals surface area contributed by atoms with E-state index in [4.69, 9.17) is 4.42 Å². The number of benzene rings is 1. The lowest BCUT2D eigenvalue weighted by molar-refractivity contribution is -0.145. The lowest BCUT2D eigenvalue weighted by atomic mass is 9.82. The van der Waals surface area contributed by atoms with Crippen LogP contribution in [0.25, 0.3) is 0 Å². The van der Waals surface area contributed by atoms with E-state index in [2.05, 4.69) is 20.5 Å². The molecule has 2 saturated heterocycles. The normalized spacial score (nSPS) is 22.6. The molecule has 1 saturated carbocycles. The summed E-state index contributed by atoms with van der Waals surface area (Å²) in [5, 5.41) is 6.04. The highest BCUT2D eigenvalue weighted by molar-refractivity contribution is 6.07. The van der Waals surface area contributed by atoms with Crippen molar-refractivity contribution in [3.8, 4) is 0 Å². The van der Waals surface area contributed by atoms with Crippen molar-refractivity contribution in [2.45, 2.75) is 76.0 Å². The summed E-state index contributed by atoms with van der Waals surface area (Å²) >= 11 is 0. The Morgan fingerprint density at radius 1 is 1.02 bits per heavy atom. The van der Waals surface area contributed by atoms with Crippen molar-refractivity contribution in [1.82, 2.24) is 25.4 Å². The summed E-state index contributed by atoms with van der Waals surface area (Å²) in [5.74, 6) is -0.725. The topological polar surface area (TPSA) is 108 Å². The summed E-state index contributed by atoms with van der Waals surface area (Å²) in [6.07, 6.45) is 8.40. The number of nitrogens with one attached hydrogen (secondary N) is 2. The van der Waals surface area contributed by atoms with Gasteiger partial charge in [0.25, 0.3) is 0 Å². The molecule has 3 fully saturated rings. The van der Waals surface area contributed by atoms with E-state index in [1.54, 1.807) is 14.0 Å². The fourth-order valence-corrected chi connectivity index (χ4v) is 6.20. The van der Waals surface area contributed by atoms with E-state index in [0.29, 0.717) is 24.5 Å². The molecule has 3 aliphatic rings. The summed E-state index contributed by atoms with van der Waals surface area (Å²) in [5.41, 5.74) is 0.429. The van der Waals surface area contributed by atoms with Crippen LogP contribution in [0.15, 0.2) is 34.9 Å². The van der Waals surface area contributed by atoms with Gasteiger partial charge in [0.2, 0.25) is 23.5 Å². The van der Waals surface area contributed by atoms with Gasteiger partial charge >= 0.3 is 0 Å². The molecule has 9 nitrogen and oxygen atoms in total. The van der Waals surface area contributed by atoms with Gasteiger partial charge in [-0.15, -0.1) is 24.8 Å². The minimum Gasteiger partial charge on any atom is -0.446 e. The second-order valence-corrected chi connectivity index (χ2v) is 11.1. The molecule has 41 heavy (non-hydrogen) atoms. The minimum absolute atomic E-state index is 0. The van der Waals surface area contributed by atoms with Crippen LogP contribution in [-0.2, 0) is 9.59 Å². The molecule has 2 N–H and O–H groups in total. The van der Waals surface area contributed by atoms with E-state index in [-0.39, 0.29) is 60.1 Å². The second kappa shape index (κ2) is 14.6. The lowest BCUT2D eigenvalue weighted by Gasteiger charge is -2.44. The maximum atomic E-state index is 14.3. The van der Waals surface area contributed by atoms with Gasteiger partial charge < -0.3 is 20.0 Å². The van der Waals surface area contributed by atoms with E-state index in [1.165, 1.54) is 30.5 Å². The molecule has 5 rings (SSSR count). The van der Waals surface area contributed by atoms with E-state index >= 15 is 0 Å². The largest absolute Gasteiger partial charge is 0.446 e. The zero-order chi connectivity index (χ0) is 27.5. The number of ketones is 1. The second-order valence-electron chi connectivity index (χ2n) is 11.1. The van der Waals surface area contributed by atoms with Crippen LogP contribution in [-0.4, -0.2) is 77.2 Å². The minimum atomic E-state index is -0.626. The molecule has 0 spiro atoms. The highest BCUT2D eigenvalue weighted by Crippen LogP contribution is 2.35. The molecule has 1 aromatic heterocycles. The average Bonchev–Trinajstić information content (AvgIpc) is 3.64. The third kappa shape index (κ3) is 7.28. The van der Waals surface area contributed by atoms with Crippen molar-refractivity contribution in [1.29, 1.82) is 0 Å². The molecule has 2 aromatic rings. The molecule has 0 bridgehead atoms. The molecule has 226 valence electrons. The number of amides is 2. The fraction of sp³-hybridized carbons (Fsp3) is 0.586. The number of hydrogen-bond donors (Lipinski definition) is 2. The monoisotopic (exact) mass is 611 g/mol. The Kier molecular flexibility index (Phi) is 11.7. The maximum absolute atomic E-state index is 14.3. The number of nitrogens with zero attached hydrogens (tertiary/aromatic N) is 3. The van der Waals surface area contributed by atoms with Crippen LogP contribution in [0.4, 0.5) is 4.39 Å². The number of carbonyl (C=O) groups is 3. The summed E-state index contributed by atoms with van der Waals surface area (Å²) in [6.45, 7) is 3.80. The van der Waals surface area contributed by atoms with Gasteiger partial charge in [0.05, 0.1) is 6.04 Å². The summed E-state index contributed by atoms with van der Waals surface area (Å²) < 4.78 is 19.2. The van der Waals surface area contributed by atoms with Gasteiger partial charge in [-0.3, -0.25) is 19.3 Å². The molecule has 0 radical (unpaired) electrons. The average molecular weight is 613 g/mol. The van der Waals surface area contributed by atoms with Crippen LogP contribution in [0.2, 0.25) is 0 Å². The Morgan fingerprint density at radius 2 is 1.73 bits per heavy atom. The van der Waals surface area contributed by atoms with Gasteiger partial charge in [-0.1, -0.05) is 19.3 Å². The molecule has 3 heterocycles. The Labute approximate surface area is 252 Å². The number of carbonyl (C=O) groups excluding carboxylic acids is 3. The number of fused-ring (bicyclic) bond motifs is 1. The number of halogens is 3. The first-order valence-electron chi connectivity index (χ1n) is 14.1. The number of hydrogen-bond acceptors (Lipinski definition) is 7. The first-order valence-corrected chi connectivity index (χ1v) is 14.1. The number of likely N-dealkylation sites (N-methyl/N-ethyl adjacent to an activating group) is 1. The lowest BCUT2D eigenvalue weighted by Crippen LogP contribution is -2.61. The van der Waals surface area contributed by atoms with Crippen LogP contribution in [0.5, 0.6) is 0 Å². The van der Waals surface area contributed by atoms with Gasteiger partial charge in [-0.25, -0.2) is 9.37 Å². The van der Waals surface area contributed by atoms with Crippen molar-refractivity contribution in [3.05, 3.63) is 53.5 Å². The van der Waals surface area contributed by atoms with Gasteiger partial charge in [-0.05, 0) is 76.4 Å². The SMILES string of the molecule is CN[C@@H](C)C(=O)N[C@H](C(=O)N1C[C@H]2CCCN2C[C@H]1c1nc(C(=O)c2ccc(F)cc2)co1)C1CCCCC1.Cl.Cl. The molecular weight excluding hydrogens is 572 g/mol. The third-order valence-electron chi connectivity index (χ3n) is 8.63. The smallest absolute Gasteiger partial charge is 0.246 e. The van der Waals surface area contributed by atoms with Crippen molar-refractivity contribution in [2.24, 2.45) is 5.92 Å². The zero-order valence-corrected chi connectivity index (χ0v) is 25.1. The van der Waals surface area contributed by atoms with E-state index < -0.39 is 23.9 Å². The van der Waals surface area contributed by atoms with Crippen LogP contribution in [0.3, 0.4) is 0 Å². The Balaban J connectivity index is 0.00000231. The van der Waals surface area contributed by atoms with E-state index in [0.717, 1.165) is 51.5 Å². The zero-order valence-electron chi connectivity index (χ0n) is 23.5. The maximum Gasteiger partial charge on any atom is 0.246 e. The van der Waals surface area contributed by atoms with E-state index in [9.17, 15) is 18.8 Å². The van der Waals surface area contributed by atoms with Crippen molar-refractivity contribution >= 4 is 42.4 Å². The number of aromatic nitrogens is 1. The Hall–Kier alpha value is -2.53. The molecule has 0 unspecified atom stereocenters. The quantitative estimate of drug-likeness (QED) is 0.436. The van der Waals surface area contributed by atoms with E-state index in [1.807, 2.05) is 4.90 Å². The Bertz CT molecular complexity index is 1190. The molecule has 4 atom stereocenters. The van der Waals surface area contributed by atoms with Crippen molar-refractivity contribution in [2.75, 3.05) is 26.7 Å². The fourth-order valence-electron chi connectivity index (χ4n) is 6.20. The van der Waals surface area contributed by atoms with Crippen LogP contribution >= 0.6 is 24.8 Å². The molecule has 1 aliphatic carbocycles. The van der Waals surface area contributed by atoms with Crippen LogP contribution in [0.1, 0.15) is 79.9 Å². The molecule has 2 amide bonds. The van der Waals surface area contributed by atoms with Crippen LogP contribution in [0, 0.1) is 11.7 Å². The van der Waals surface area contributed by atoms with Gasteiger partial charge in [0.15, 0.2) is 0 Å². The predicted molar refractivity (Wildman–Crippen MR) is 157 cm³/mol. The standard InChI is InChI=1S/C29H38FN5O4.2ClH/c1-18(31-2)27(37)33-25(19-7-4-3-5-8-19)29(38)35-15-22-9-6-14-34(22)16-24(35)28-32-23(17-39-28)26(36)20-10-12-21(30)13-11-20;;/h10-13,17-19,22,24-25,31H,3-9,14-16H2,1-2H3,(H,33,37);2*1H/t18-,22+,24-,25-;;/m0../s1. The highest BCUT2D eigenvalue weighted by atomic mass is 35.5. The van der Waals surface area contributed by atoms with Crippen molar-refractivity contribution in [3.63, 3.8) is 0 Å². The first kappa shape index (κ1) is 33.0. The molecule has 2 aliphatic heterocycles. The summed E-state index contributed by atoms with van der Waals surface area (Å²) in [4.78, 5) is 49.0. The van der Waals surface area contributed by atoms with Crippen molar-refractivity contribution < 1.29 is 23.2 Å². The number of oxazole rings is 1. The number of rotatable bonds is 8. The predicted octanol–water partition coefficient (Wildman–Crippen LogP) is 3.91. The molecule has 1 aromatic carbocycles. The molecular formula is C29H40Cl2FN5O4. The molecule has 12 heteroatoms. The Morgan fingerprint density at radius 3 is 2.41 bits per heavy atom.